The van der Waals surface area contributed by atoms with Crippen LogP contribution in [0.4, 0.5) is 0 Å². The predicted molar refractivity (Wildman–Crippen MR) is 80.3 cm³/mol. The van der Waals surface area contributed by atoms with Crippen LogP contribution in [0.1, 0.15) is 25.0 Å². The van der Waals surface area contributed by atoms with Crippen LogP contribution in [0.2, 0.25) is 0 Å². The molecule has 1 rings (SSSR count). The Bertz CT molecular complexity index is 511. The number of amides is 1. The van der Waals surface area contributed by atoms with E-state index in [4.69, 9.17) is 4.74 Å². The normalized spacial score (nSPS) is 10.4. The third kappa shape index (κ3) is 4.77. The van der Waals surface area contributed by atoms with Crippen LogP contribution in [0.25, 0.3) is 0 Å². The first-order chi connectivity index (χ1) is 9.88. The summed E-state index contributed by atoms with van der Waals surface area (Å²) in [5.74, 6) is 0.128. The molecule has 116 valence electrons. The molecule has 0 aliphatic rings. The second-order valence-corrected chi connectivity index (χ2v) is 5.18. The summed E-state index contributed by atoms with van der Waals surface area (Å²) in [6.45, 7) is 5.66. The smallest absolute Gasteiger partial charge is 0.325 e. The highest BCUT2D eigenvalue weighted by molar-refractivity contribution is 5.84. The lowest BCUT2D eigenvalue weighted by Gasteiger charge is -2.26. The fourth-order valence-electron chi connectivity index (χ4n) is 2.07. The van der Waals surface area contributed by atoms with E-state index in [2.05, 4.69) is 4.74 Å². The highest BCUT2D eigenvalue weighted by atomic mass is 16.5. The summed E-state index contributed by atoms with van der Waals surface area (Å²) < 4.78 is 9.92. The van der Waals surface area contributed by atoms with Gasteiger partial charge in [0.2, 0.25) is 5.91 Å². The van der Waals surface area contributed by atoms with Crippen LogP contribution in [0.3, 0.4) is 0 Å². The summed E-state index contributed by atoms with van der Waals surface area (Å²) in [5.41, 5.74) is 1.88. The van der Waals surface area contributed by atoms with Crippen molar-refractivity contribution in [3.05, 3.63) is 29.3 Å². The molecule has 0 N–H and O–H groups in total. The van der Waals surface area contributed by atoms with Crippen molar-refractivity contribution in [3.8, 4) is 5.75 Å². The minimum Gasteiger partial charge on any atom is -0.496 e. The van der Waals surface area contributed by atoms with Gasteiger partial charge in [0.25, 0.3) is 0 Å². The number of aryl methyl sites for hydroxylation is 1. The van der Waals surface area contributed by atoms with Gasteiger partial charge in [-0.05, 0) is 26.8 Å². The maximum Gasteiger partial charge on any atom is 0.325 e. The van der Waals surface area contributed by atoms with Crippen molar-refractivity contribution >= 4 is 11.9 Å². The standard InChI is InChI=1S/C16H23NO4/c1-11(2)17(10-16(19)21-5)15(18)9-13-8-12(3)6-7-14(13)20-4/h6-8,11H,9-10H2,1-5H3. The summed E-state index contributed by atoms with van der Waals surface area (Å²) >= 11 is 0. The fourth-order valence-corrected chi connectivity index (χ4v) is 2.07. The molecule has 0 saturated heterocycles. The van der Waals surface area contributed by atoms with Gasteiger partial charge in [-0.1, -0.05) is 17.7 Å². The van der Waals surface area contributed by atoms with Crippen LogP contribution in [0.5, 0.6) is 5.75 Å². The summed E-state index contributed by atoms with van der Waals surface area (Å²) in [6.07, 6.45) is 0.194. The zero-order chi connectivity index (χ0) is 16.0. The SMILES string of the molecule is COC(=O)CN(C(=O)Cc1cc(C)ccc1OC)C(C)C. The van der Waals surface area contributed by atoms with Gasteiger partial charge in [-0.2, -0.15) is 0 Å². The fraction of sp³-hybridized carbons (Fsp3) is 0.500. The molecule has 1 amide bonds. The Morgan fingerprint density at radius 2 is 1.90 bits per heavy atom. The minimum absolute atomic E-state index is 0.0405. The lowest BCUT2D eigenvalue weighted by Crippen LogP contribution is -2.41. The van der Waals surface area contributed by atoms with Crippen molar-refractivity contribution in [2.75, 3.05) is 20.8 Å². The molecule has 0 atom stereocenters. The molecular weight excluding hydrogens is 270 g/mol. The van der Waals surface area contributed by atoms with Gasteiger partial charge < -0.3 is 14.4 Å². The summed E-state index contributed by atoms with van der Waals surface area (Å²) in [6, 6.07) is 5.62. The Kier molecular flexibility index (Phi) is 6.21. The lowest BCUT2D eigenvalue weighted by atomic mass is 10.1. The second-order valence-electron chi connectivity index (χ2n) is 5.18. The Morgan fingerprint density at radius 3 is 2.43 bits per heavy atom. The number of ether oxygens (including phenoxy) is 2. The number of benzene rings is 1. The van der Waals surface area contributed by atoms with E-state index in [1.807, 2.05) is 39.0 Å². The summed E-state index contributed by atoms with van der Waals surface area (Å²) in [5, 5.41) is 0. The van der Waals surface area contributed by atoms with E-state index in [-0.39, 0.29) is 24.9 Å². The molecule has 0 aliphatic heterocycles. The van der Waals surface area contributed by atoms with Crippen molar-refractivity contribution in [2.24, 2.45) is 0 Å². The lowest BCUT2D eigenvalue weighted by molar-refractivity contribution is -0.148. The molecule has 1 aromatic rings. The maximum atomic E-state index is 12.4. The summed E-state index contributed by atoms with van der Waals surface area (Å²) in [7, 11) is 2.89. The van der Waals surface area contributed by atoms with Crippen molar-refractivity contribution in [1.29, 1.82) is 0 Å². The van der Waals surface area contributed by atoms with Crippen molar-refractivity contribution in [1.82, 2.24) is 4.90 Å². The van der Waals surface area contributed by atoms with Crippen LogP contribution < -0.4 is 4.74 Å². The first kappa shape index (κ1) is 17.0. The van der Waals surface area contributed by atoms with Gasteiger partial charge in [0.15, 0.2) is 0 Å². The number of rotatable bonds is 6. The minimum atomic E-state index is -0.423. The van der Waals surface area contributed by atoms with E-state index in [9.17, 15) is 9.59 Å². The molecule has 0 aromatic heterocycles. The van der Waals surface area contributed by atoms with E-state index in [1.54, 1.807) is 7.11 Å². The molecule has 0 aliphatic carbocycles. The summed E-state index contributed by atoms with van der Waals surface area (Å²) in [4.78, 5) is 25.4. The van der Waals surface area contributed by atoms with Gasteiger partial charge in [0.1, 0.15) is 12.3 Å². The van der Waals surface area contributed by atoms with Crippen LogP contribution in [-0.2, 0) is 20.7 Å². The van der Waals surface area contributed by atoms with Gasteiger partial charge >= 0.3 is 5.97 Å². The van der Waals surface area contributed by atoms with Gasteiger partial charge in [0, 0.05) is 11.6 Å². The monoisotopic (exact) mass is 293 g/mol. The maximum absolute atomic E-state index is 12.4. The van der Waals surface area contributed by atoms with Gasteiger partial charge in [0.05, 0.1) is 20.6 Å². The number of esters is 1. The van der Waals surface area contributed by atoms with Gasteiger partial charge in [-0.15, -0.1) is 0 Å². The van der Waals surface area contributed by atoms with E-state index >= 15 is 0 Å². The number of nitrogens with zero attached hydrogens (tertiary/aromatic N) is 1. The van der Waals surface area contributed by atoms with Crippen LogP contribution in [0.15, 0.2) is 18.2 Å². The van der Waals surface area contributed by atoms with E-state index in [0.717, 1.165) is 11.1 Å². The molecule has 0 saturated carbocycles. The number of methoxy groups -OCH3 is 2. The van der Waals surface area contributed by atoms with Crippen LogP contribution in [-0.4, -0.2) is 43.6 Å². The Balaban J connectivity index is 2.91. The average molecular weight is 293 g/mol. The van der Waals surface area contributed by atoms with E-state index < -0.39 is 5.97 Å². The predicted octanol–water partition coefficient (Wildman–Crippen LogP) is 1.96. The molecule has 1 aromatic carbocycles. The largest absolute Gasteiger partial charge is 0.496 e. The second kappa shape index (κ2) is 7.67. The van der Waals surface area contributed by atoms with Crippen LogP contribution in [0, 0.1) is 6.92 Å². The molecule has 0 spiro atoms. The number of carbonyl (C=O) groups is 2. The number of hydrogen-bond donors (Lipinski definition) is 0. The molecule has 5 heteroatoms. The molecule has 0 fully saturated rings. The molecule has 0 bridgehead atoms. The van der Waals surface area contributed by atoms with Crippen molar-refractivity contribution in [3.63, 3.8) is 0 Å². The highest BCUT2D eigenvalue weighted by Gasteiger charge is 2.21. The molecule has 0 heterocycles. The molecule has 0 unspecified atom stereocenters. The van der Waals surface area contributed by atoms with Crippen molar-refractivity contribution in [2.45, 2.75) is 33.2 Å². The first-order valence-corrected chi connectivity index (χ1v) is 6.88. The van der Waals surface area contributed by atoms with Crippen molar-refractivity contribution < 1.29 is 19.1 Å². The average Bonchev–Trinajstić information content (AvgIpc) is 2.44. The number of hydrogen-bond acceptors (Lipinski definition) is 4. The third-order valence-electron chi connectivity index (χ3n) is 3.25. The van der Waals surface area contributed by atoms with Crippen LogP contribution >= 0.6 is 0 Å². The first-order valence-electron chi connectivity index (χ1n) is 6.88. The zero-order valence-electron chi connectivity index (χ0n) is 13.3. The number of carbonyl (C=O) groups excluding carboxylic acids is 2. The van der Waals surface area contributed by atoms with E-state index in [1.165, 1.54) is 12.0 Å². The Hall–Kier alpha value is -2.04. The third-order valence-corrected chi connectivity index (χ3v) is 3.25. The van der Waals surface area contributed by atoms with E-state index in [0.29, 0.717) is 5.75 Å². The quantitative estimate of drug-likeness (QED) is 0.752. The molecular formula is C16H23NO4. The Morgan fingerprint density at radius 1 is 1.24 bits per heavy atom. The molecule has 21 heavy (non-hydrogen) atoms. The Labute approximate surface area is 125 Å². The molecule has 5 nitrogen and oxygen atoms in total. The van der Waals surface area contributed by atoms with Gasteiger partial charge in [-0.3, -0.25) is 9.59 Å². The highest BCUT2D eigenvalue weighted by Crippen LogP contribution is 2.21. The topological polar surface area (TPSA) is 55.8 Å². The zero-order valence-corrected chi connectivity index (χ0v) is 13.3. The van der Waals surface area contributed by atoms with Gasteiger partial charge in [-0.25, -0.2) is 0 Å². The molecule has 0 radical (unpaired) electrons.